The Morgan fingerprint density at radius 1 is 1.26 bits per heavy atom. The van der Waals surface area contributed by atoms with Gasteiger partial charge in [0.25, 0.3) is 6.43 Å². The zero-order valence-electron chi connectivity index (χ0n) is 19.7. The molecular formula is C26H28F2N4O2S. The first-order valence-electron chi connectivity index (χ1n) is 11.4. The zero-order chi connectivity index (χ0) is 25.0. The largest absolute Gasteiger partial charge is 0.485 e. The van der Waals surface area contributed by atoms with E-state index in [1.165, 1.54) is 0 Å². The molecule has 6 nitrogen and oxygen atoms in total. The van der Waals surface area contributed by atoms with E-state index in [1.807, 2.05) is 18.3 Å². The fourth-order valence-electron chi connectivity index (χ4n) is 3.72. The molecule has 1 fully saturated rings. The lowest BCUT2D eigenvalue weighted by Gasteiger charge is -2.27. The van der Waals surface area contributed by atoms with Crippen LogP contribution in [0.15, 0.2) is 42.7 Å². The summed E-state index contributed by atoms with van der Waals surface area (Å²) in [6, 6.07) is 8.85. The normalized spacial score (nSPS) is 16.5. The van der Waals surface area contributed by atoms with Crippen LogP contribution in [0.1, 0.15) is 41.8 Å². The first-order valence-corrected chi connectivity index (χ1v) is 12.2. The molecule has 1 saturated heterocycles. The SMILES string of the molecule is CN1CCC(c2ncc(-c3cnc(N)c(OCc4cccc(C#CC(C)(O)C(F)F)c4)c3)s2)CC1. The molecule has 4 rings (SSSR count). The molecule has 35 heavy (non-hydrogen) atoms. The van der Waals surface area contributed by atoms with Gasteiger partial charge in [-0.25, -0.2) is 18.7 Å². The zero-order valence-corrected chi connectivity index (χ0v) is 20.5. The highest BCUT2D eigenvalue weighted by Crippen LogP contribution is 2.36. The lowest BCUT2D eigenvalue weighted by atomic mass is 9.98. The highest BCUT2D eigenvalue weighted by atomic mass is 32.1. The number of aliphatic hydroxyl groups is 1. The Balaban J connectivity index is 1.45. The van der Waals surface area contributed by atoms with Crippen LogP contribution in [-0.2, 0) is 6.61 Å². The van der Waals surface area contributed by atoms with Crippen LogP contribution >= 0.6 is 11.3 Å². The Kier molecular flexibility index (Phi) is 7.65. The van der Waals surface area contributed by atoms with Crippen molar-refractivity contribution in [2.24, 2.45) is 0 Å². The second kappa shape index (κ2) is 10.7. The molecule has 1 unspecified atom stereocenters. The topological polar surface area (TPSA) is 84.5 Å². The Morgan fingerprint density at radius 3 is 2.77 bits per heavy atom. The van der Waals surface area contributed by atoms with Crippen molar-refractivity contribution in [3.63, 3.8) is 0 Å². The van der Waals surface area contributed by atoms with Crippen LogP contribution in [0.25, 0.3) is 10.4 Å². The molecule has 0 amide bonds. The number of rotatable bonds is 6. The van der Waals surface area contributed by atoms with Crippen molar-refractivity contribution >= 4 is 17.2 Å². The van der Waals surface area contributed by atoms with Crippen LogP contribution in [0.2, 0.25) is 0 Å². The Morgan fingerprint density at radius 2 is 2.03 bits per heavy atom. The van der Waals surface area contributed by atoms with Gasteiger partial charge in [0, 0.05) is 29.4 Å². The van der Waals surface area contributed by atoms with E-state index in [-0.39, 0.29) is 12.4 Å². The van der Waals surface area contributed by atoms with Crippen molar-refractivity contribution in [1.82, 2.24) is 14.9 Å². The summed E-state index contributed by atoms with van der Waals surface area (Å²) >= 11 is 1.68. The van der Waals surface area contributed by atoms with E-state index in [2.05, 4.69) is 33.8 Å². The van der Waals surface area contributed by atoms with E-state index in [0.29, 0.717) is 17.2 Å². The first kappa shape index (κ1) is 25.0. The van der Waals surface area contributed by atoms with E-state index in [9.17, 15) is 13.9 Å². The maximum atomic E-state index is 12.8. The summed E-state index contributed by atoms with van der Waals surface area (Å²) in [7, 11) is 2.15. The van der Waals surface area contributed by atoms with Gasteiger partial charge >= 0.3 is 0 Å². The van der Waals surface area contributed by atoms with Crippen LogP contribution in [0.5, 0.6) is 5.75 Å². The third kappa shape index (κ3) is 6.34. The van der Waals surface area contributed by atoms with E-state index in [0.717, 1.165) is 53.9 Å². The van der Waals surface area contributed by atoms with E-state index >= 15 is 0 Å². The number of benzene rings is 1. The number of nitrogens with two attached hydrogens (primary N) is 1. The number of piperidine rings is 1. The maximum absolute atomic E-state index is 12.8. The second-order valence-electron chi connectivity index (χ2n) is 8.93. The van der Waals surface area contributed by atoms with E-state index < -0.39 is 12.0 Å². The third-order valence-electron chi connectivity index (χ3n) is 5.96. The van der Waals surface area contributed by atoms with E-state index in [1.54, 1.807) is 35.7 Å². The molecule has 1 aromatic carbocycles. The molecule has 0 spiro atoms. The minimum absolute atomic E-state index is 0.194. The summed E-state index contributed by atoms with van der Waals surface area (Å²) in [4.78, 5) is 12.3. The van der Waals surface area contributed by atoms with Gasteiger partial charge in [-0.1, -0.05) is 24.0 Å². The summed E-state index contributed by atoms with van der Waals surface area (Å²) in [5.41, 5.74) is 5.85. The minimum atomic E-state index is -2.96. The van der Waals surface area contributed by atoms with Gasteiger partial charge in [0.05, 0.1) is 9.88 Å². The molecule has 0 saturated carbocycles. The number of hydrogen-bond donors (Lipinski definition) is 2. The number of ether oxygens (including phenoxy) is 1. The summed E-state index contributed by atoms with van der Waals surface area (Å²) in [6.45, 7) is 3.35. The molecule has 2 aromatic heterocycles. The van der Waals surface area contributed by atoms with Gasteiger partial charge in [-0.2, -0.15) is 0 Å². The molecule has 0 aliphatic carbocycles. The third-order valence-corrected chi connectivity index (χ3v) is 7.17. The Bertz CT molecular complexity index is 1230. The van der Waals surface area contributed by atoms with Crippen LogP contribution in [0, 0.1) is 11.8 Å². The number of pyridine rings is 1. The number of hydrogen-bond acceptors (Lipinski definition) is 7. The number of likely N-dealkylation sites (tertiary alicyclic amines) is 1. The molecule has 1 aliphatic heterocycles. The van der Waals surface area contributed by atoms with Gasteiger partial charge in [-0.05, 0) is 63.7 Å². The highest BCUT2D eigenvalue weighted by molar-refractivity contribution is 7.15. The predicted octanol–water partition coefficient (Wildman–Crippen LogP) is 4.54. The van der Waals surface area contributed by atoms with Crippen molar-refractivity contribution in [3.05, 3.63) is 58.9 Å². The molecule has 0 radical (unpaired) electrons. The van der Waals surface area contributed by atoms with Crippen LogP contribution in [0.3, 0.4) is 0 Å². The van der Waals surface area contributed by atoms with Crippen LogP contribution < -0.4 is 10.5 Å². The smallest absolute Gasteiger partial charge is 0.277 e. The van der Waals surface area contributed by atoms with Gasteiger partial charge in [-0.15, -0.1) is 11.3 Å². The summed E-state index contributed by atoms with van der Waals surface area (Å²) in [6.07, 6.45) is 2.87. The average Bonchev–Trinajstić information content (AvgIpc) is 3.33. The molecule has 3 N–H and O–H groups in total. The molecule has 3 heterocycles. The first-order chi connectivity index (χ1) is 16.7. The molecule has 1 atom stereocenters. The van der Waals surface area contributed by atoms with Crippen LogP contribution in [0.4, 0.5) is 14.6 Å². The summed E-state index contributed by atoms with van der Waals surface area (Å²) < 4.78 is 31.6. The number of alkyl halides is 2. The Hall–Kier alpha value is -3.06. The number of halogens is 2. The molecule has 3 aromatic rings. The van der Waals surface area contributed by atoms with Crippen molar-refractivity contribution < 1.29 is 18.6 Å². The van der Waals surface area contributed by atoms with Crippen molar-refractivity contribution in [3.8, 4) is 28.0 Å². The Labute approximate surface area is 207 Å². The van der Waals surface area contributed by atoms with Crippen LogP contribution in [-0.4, -0.2) is 52.1 Å². The van der Waals surface area contributed by atoms with Gasteiger partial charge < -0.3 is 20.5 Å². The highest BCUT2D eigenvalue weighted by Gasteiger charge is 2.29. The predicted molar refractivity (Wildman–Crippen MR) is 134 cm³/mol. The molecular weight excluding hydrogens is 470 g/mol. The van der Waals surface area contributed by atoms with Crippen molar-refractivity contribution in [2.45, 2.75) is 44.3 Å². The van der Waals surface area contributed by atoms with E-state index in [4.69, 9.17) is 10.5 Å². The number of nitrogens with zero attached hydrogens (tertiary/aromatic N) is 3. The fourth-order valence-corrected chi connectivity index (χ4v) is 4.79. The second-order valence-corrected chi connectivity index (χ2v) is 10.00. The number of thiazole rings is 1. The monoisotopic (exact) mass is 498 g/mol. The van der Waals surface area contributed by atoms with Crippen molar-refractivity contribution in [1.29, 1.82) is 0 Å². The maximum Gasteiger partial charge on any atom is 0.277 e. The van der Waals surface area contributed by atoms with Gasteiger partial charge in [0.2, 0.25) is 0 Å². The van der Waals surface area contributed by atoms with Gasteiger partial charge in [0.15, 0.2) is 17.2 Å². The number of aromatic nitrogens is 2. The number of anilines is 1. The summed E-state index contributed by atoms with van der Waals surface area (Å²) in [5.74, 6) is 6.03. The standard InChI is InChI=1S/C26H28F2N4O2S/c1-26(33,25(27)28)9-6-17-4-3-5-18(12-17)16-34-21-13-20(14-30-23(21)29)22-15-31-24(35-22)19-7-10-32(2)11-8-19/h3-5,12-15,19,25,33H,7-8,10-11,16H2,1-2H3,(H2,29,30). The minimum Gasteiger partial charge on any atom is -0.485 e. The van der Waals surface area contributed by atoms with Gasteiger partial charge in [-0.3, -0.25) is 0 Å². The fraction of sp³-hybridized carbons (Fsp3) is 0.385. The average molecular weight is 499 g/mol. The molecule has 1 aliphatic rings. The lowest BCUT2D eigenvalue weighted by Crippen LogP contribution is -2.31. The number of nitrogen functional groups attached to an aromatic ring is 1. The van der Waals surface area contributed by atoms with Gasteiger partial charge in [0.1, 0.15) is 6.61 Å². The molecule has 0 bridgehead atoms. The van der Waals surface area contributed by atoms with Crippen molar-refractivity contribution in [2.75, 3.05) is 25.9 Å². The summed E-state index contributed by atoms with van der Waals surface area (Å²) in [5, 5.41) is 10.8. The molecule has 184 valence electrons. The lowest BCUT2D eigenvalue weighted by molar-refractivity contribution is -0.0418. The quantitative estimate of drug-likeness (QED) is 0.486. The molecule has 9 heteroatoms.